The molecule has 196 valence electrons. The Balaban J connectivity index is 1.58. The molecule has 1 saturated heterocycles. The molecule has 4 rings (SSSR count). The van der Waals surface area contributed by atoms with Crippen LogP contribution in [0.2, 0.25) is 0 Å². The summed E-state index contributed by atoms with van der Waals surface area (Å²) in [6.45, 7) is 5.40. The number of amides is 1. The normalized spacial score (nSPS) is 21.1. The van der Waals surface area contributed by atoms with Crippen LogP contribution in [0.1, 0.15) is 44.1 Å². The van der Waals surface area contributed by atoms with Crippen LogP contribution in [0.4, 0.5) is 0 Å². The fourth-order valence-corrected chi connectivity index (χ4v) is 5.30. The van der Waals surface area contributed by atoms with E-state index in [-0.39, 0.29) is 31.2 Å². The molecule has 0 bridgehead atoms. The van der Waals surface area contributed by atoms with Crippen LogP contribution < -0.4 is 15.2 Å². The van der Waals surface area contributed by atoms with Crippen LogP contribution in [0.3, 0.4) is 0 Å². The summed E-state index contributed by atoms with van der Waals surface area (Å²) < 4.78 is 12.9. The van der Waals surface area contributed by atoms with Gasteiger partial charge < -0.3 is 29.8 Å². The number of likely N-dealkylation sites (tertiary alicyclic amines) is 1. The number of carbonyl (C=O) groups is 2. The van der Waals surface area contributed by atoms with Gasteiger partial charge in [0.05, 0.1) is 18.8 Å². The number of carbonyl (C=O) groups excluding carboxylic acids is 1. The van der Waals surface area contributed by atoms with E-state index in [4.69, 9.17) is 15.2 Å². The predicted octanol–water partition coefficient (Wildman–Crippen LogP) is 2.15. The lowest BCUT2D eigenvalue weighted by Crippen LogP contribution is -2.45. The van der Waals surface area contributed by atoms with Crippen molar-refractivity contribution in [3.63, 3.8) is 0 Å². The van der Waals surface area contributed by atoms with Gasteiger partial charge in [0.1, 0.15) is 0 Å². The molecule has 10 heteroatoms. The molecule has 3 unspecified atom stereocenters. The third kappa shape index (κ3) is 5.99. The molecule has 3 atom stereocenters. The number of hydrogen-bond acceptors (Lipinski definition) is 7. The monoisotopic (exact) mass is 499 g/mol. The summed E-state index contributed by atoms with van der Waals surface area (Å²) in [7, 11) is 0. The molecule has 36 heavy (non-hydrogen) atoms. The van der Waals surface area contributed by atoms with E-state index in [1.807, 2.05) is 33.9 Å². The number of hydrogen-bond donors (Lipinski definition) is 2. The van der Waals surface area contributed by atoms with E-state index in [1.165, 1.54) is 0 Å². The predicted molar refractivity (Wildman–Crippen MR) is 134 cm³/mol. The topological polar surface area (TPSA) is 123 Å². The van der Waals surface area contributed by atoms with Crippen molar-refractivity contribution in [2.75, 3.05) is 39.5 Å². The third-order valence-corrected chi connectivity index (χ3v) is 7.21. The second-order valence-corrected chi connectivity index (χ2v) is 9.55. The number of carboxylic acid groups (broad SMARTS) is 1. The maximum atomic E-state index is 13.4. The number of nitrogens with zero attached hydrogens (tertiary/aromatic N) is 4. The molecule has 3 N–H and O–H groups in total. The highest BCUT2D eigenvalue weighted by molar-refractivity contribution is 5.79. The molecule has 10 nitrogen and oxygen atoms in total. The van der Waals surface area contributed by atoms with Crippen LogP contribution >= 0.6 is 0 Å². The van der Waals surface area contributed by atoms with Crippen molar-refractivity contribution in [2.24, 2.45) is 11.7 Å². The minimum Gasteiger partial charge on any atom is -0.481 e. The zero-order chi connectivity index (χ0) is 25.5. The zero-order valence-corrected chi connectivity index (χ0v) is 20.9. The van der Waals surface area contributed by atoms with Gasteiger partial charge >= 0.3 is 5.97 Å². The van der Waals surface area contributed by atoms with E-state index < -0.39 is 11.9 Å². The van der Waals surface area contributed by atoms with Gasteiger partial charge in [-0.2, -0.15) is 0 Å². The maximum Gasteiger partial charge on any atom is 0.308 e. The summed E-state index contributed by atoms with van der Waals surface area (Å²) in [6.07, 6.45) is 8.58. The average Bonchev–Trinajstić information content (AvgIpc) is 3.62. The lowest BCUT2D eigenvalue weighted by Gasteiger charge is -2.30. The minimum absolute atomic E-state index is 0.0278. The van der Waals surface area contributed by atoms with E-state index in [0.717, 1.165) is 24.8 Å². The Morgan fingerprint density at radius 2 is 2.03 bits per heavy atom. The molecule has 2 aliphatic rings. The second kappa shape index (κ2) is 12.2. The number of carboxylic acids is 1. The smallest absolute Gasteiger partial charge is 0.308 e. The number of imidazole rings is 1. The third-order valence-electron chi connectivity index (χ3n) is 7.21. The van der Waals surface area contributed by atoms with Crippen molar-refractivity contribution in [2.45, 2.75) is 51.1 Å². The van der Waals surface area contributed by atoms with Gasteiger partial charge in [0.2, 0.25) is 12.7 Å². The van der Waals surface area contributed by atoms with Crippen molar-refractivity contribution < 1.29 is 24.2 Å². The molecule has 2 aliphatic heterocycles. The van der Waals surface area contributed by atoms with Crippen molar-refractivity contribution in [1.82, 2.24) is 19.4 Å². The van der Waals surface area contributed by atoms with Gasteiger partial charge in [-0.15, -0.1) is 0 Å². The lowest BCUT2D eigenvalue weighted by atomic mass is 9.84. The van der Waals surface area contributed by atoms with Crippen LogP contribution in [-0.2, 0) is 16.1 Å². The van der Waals surface area contributed by atoms with Gasteiger partial charge in [-0.05, 0) is 43.5 Å². The highest BCUT2D eigenvalue weighted by Gasteiger charge is 2.47. The van der Waals surface area contributed by atoms with Crippen LogP contribution in [0, 0.1) is 5.92 Å². The van der Waals surface area contributed by atoms with Gasteiger partial charge in [-0.3, -0.25) is 14.5 Å². The van der Waals surface area contributed by atoms with Crippen LogP contribution in [0.5, 0.6) is 11.5 Å². The van der Waals surface area contributed by atoms with E-state index in [1.54, 1.807) is 12.5 Å². The Hall–Kier alpha value is -3.11. The van der Waals surface area contributed by atoms with Crippen molar-refractivity contribution in [3.05, 3.63) is 42.5 Å². The molecule has 1 aromatic carbocycles. The van der Waals surface area contributed by atoms with Gasteiger partial charge in [0.15, 0.2) is 11.5 Å². The van der Waals surface area contributed by atoms with Crippen LogP contribution in [-0.4, -0.2) is 81.9 Å². The SMILES string of the molecule is CCCCN(CCCN)C(=O)CN1CC(c2ccc3c(c2)OCO3)C(C(=O)O)C1CCn1ccnc1. The Kier molecular flexibility index (Phi) is 8.82. The molecular weight excluding hydrogens is 462 g/mol. The molecule has 3 heterocycles. The Bertz CT molecular complexity index is 1010. The van der Waals surface area contributed by atoms with Crippen LogP contribution in [0.15, 0.2) is 36.9 Å². The summed E-state index contributed by atoms with van der Waals surface area (Å²) >= 11 is 0. The summed E-state index contributed by atoms with van der Waals surface area (Å²) in [4.78, 5) is 34.1. The number of rotatable bonds is 13. The molecule has 1 amide bonds. The second-order valence-electron chi connectivity index (χ2n) is 9.55. The van der Waals surface area contributed by atoms with Crippen molar-refractivity contribution in [3.8, 4) is 11.5 Å². The quantitative estimate of drug-likeness (QED) is 0.430. The van der Waals surface area contributed by atoms with Gasteiger partial charge in [0.25, 0.3) is 0 Å². The van der Waals surface area contributed by atoms with Gasteiger partial charge in [-0.1, -0.05) is 19.4 Å². The number of nitrogens with two attached hydrogens (primary N) is 1. The molecule has 0 radical (unpaired) electrons. The van der Waals surface area contributed by atoms with Gasteiger partial charge in [-0.25, -0.2) is 4.98 Å². The lowest BCUT2D eigenvalue weighted by molar-refractivity contribution is -0.144. The number of ether oxygens (including phenoxy) is 2. The van der Waals surface area contributed by atoms with Crippen molar-refractivity contribution in [1.29, 1.82) is 0 Å². The minimum atomic E-state index is -0.853. The maximum absolute atomic E-state index is 13.4. The van der Waals surface area contributed by atoms with Crippen LogP contribution in [0.25, 0.3) is 0 Å². The zero-order valence-electron chi connectivity index (χ0n) is 20.9. The number of benzene rings is 1. The Labute approximate surface area is 212 Å². The highest BCUT2D eigenvalue weighted by Crippen LogP contribution is 2.42. The first kappa shape index (κ1) is 26.0. The molecule has 0 saturated carbocycles. The molecule has 0 spiro atoms. The first-order valence-electron chi connectivity index (χ1n) is 12.8. The summed E-state index contributed by atoms with van der Waals surface area (Å²) in [5.74, 6) is -0.456. The first-order chi connectivity index (χ1) is 17.5. The average molecular weight is 500 g/mol. The summed E-state index contributed by atoms with van der Waals surface area (Å²) in [5, 5.41) is 10.3. The number of unbranched alkanes of at least 4 members (excludes halogenated alkanes) is 1. The standard InChI is InChI=1S/C26H37N5O5/c1-2-3-10-30(11-4-8-27)24(32)16-31-15-20(19-5-6-22-23(14-19)36-18-35-22)25(26(33)34)21(31)7-12-29-13-9-28-17-29/h5-6,9,13-14,17,20-21,25H,2-4,7-8,10-12,15-16,18,27H2,1H3,(H,33,34). The number of fused-ring (bicyclic) bond motifs is 1. The largest absolute Gasteiger partial charge is 0.481 e. The Morgan fingerprint density at radius 3 is 2.75 bits per heavy atom. The molecule has 0 aliphatic carbocycles. The highest BCUT2D eigenvalue weighted by atomic mass is 16.7. The molecule has 2 aromatic rings. The Morgan fingerprint density at radius 1 is 1.22 bits per heavy atom. The van der Waals surface area contributed by atoms with E-state index in [9.17, 15) is 14.7 Å². The van der Waals surface area contributed by atoms with E-state index >= 15 is 0 Å². The number of aliphatic carboxylic acids is 1. The molecule has 1 fully saturated rings. The summed E-state index contributed by atoms with van der Waals surface area (Å²) in [6, 6.07) is 5.34. The first-order valence-corrected chi connectivity index (χ1v) is 12.8. The fourth-order valence-electron chi connectivity index (χ4n) is 5.30. The molecular formula is C26H37N5O5. The number of aryl methyl sites for hydroxylation is 1. The molecule has 1 aromatic heterocycles. The van der Waals surface area contributed by atoms with Crippen molar-refractivity contribution >= 4 is 11.9 Å². The van der Waals surface area contributed by atoms with Gasteiger partial charge in [0, 0.05) is 50.5 Å². The van der Waals surface area contributed by atoms with E-state index in [0.29, 0.717) is 50.6 Å². The van der Waals surface area contributed by atoms with E-state index in [2.05, 4.69) is 16.8 Å². The number of aromatic nitrogens is 2. The summed E-state index contributed by atoms with van der Waals surface area (Å²) in [5.41, 5.74) is 6.60. The fraction of sp³-hybridized carbons (Fsp3) is 0.577.